The van der Waals surface area contributed by atoms with Crippen LogP contribution in [0.25, 0.3) is 0 Å². The van der Waals surface area contributed by atoms with E-state index in [4.69, 9.17) is 5.73 Å². The third-order valence-electron chi connectivity index (χ3n) is 0.706. The van der Waals surface area contributed by atoms with Crippen LogP contribution in [-0.4, -0.2) is 39.3 Å². The number of carbonyl (C=O) groups is 1. The molecule has 0 aliphatic rings. The normalized spacial score (nSPS) is 12.8. The standard InChI is InChI=1S/C4H9NO2SSe/c5-3(1-8)4(6)7-2-9/h3,8-9H,1-2,5H2/t3-/m0/s1. The molecule has 0 fully saturated rings. The summed E-state index contributed by atoms with van der Waals surface area (Å²) in [7, 11) is 0. The molecule has 9 heavy (non-hydrogen) atoms. The molecule has 0 aliphatic heterocycles. The number of carbonyl (C=O) groups excluding carboxylic acids is 1. The van der Waals surface area contributed by atoms with Crippen LogP contribution < -0.4 is 5.73 Å². The predicted octanol–water partition coefficient (Wildman–Crippen LogP) is -1.36. The van der Waals surface area contributed by atoms with Gasteiger partial charge in [0.25, 0.3) is 0 Å². The van der Waals surface area contributed by atoms with Crippen molar-refractivity contribution in [1.29, 1.82) is 0 Å². The third-order valence-corrected chi connectivity index (χ3v) is 1.37. The molecule has 0 amide bonds. The van der Waals surface area contributed by atoms with E-state index in [-0.39, 0.29) is 0 Å². The van der Waals surface area contributed by atoms with E-state index < -0.39 is 12.0 Å². The SMILES string of the molecule is N[C@@H](CS)C(=O)OC[SeH]. The van der Waals surface area contributed by atoms with E-state index in [1.54, 1.807) is 0 Å². The van der Waals surface area contributed by atoms with Gasteiger partial charge in [-0.15, -0.1) is 0 Å². The van der Waals surface area contributed by atoms with Gasteiger partial charge >= 0.3 is 67.2 Å². The summed E-state index contributed by atoms with van der Waals surface area (Å²) in [5.41, 5.74) is 5.56. The zero-order valence-corrected chi connectivity index (χ0v) is 7.55. The van der Waals surface area contributed by atoms with Gasteiger partial charge < -0.3 is 0 Å². The van der Waals surface area contributed by atoms with E-state index in [1.807, 2.05) is 0 Å². The van der Waals surface area contributed by atoms with Crippen LogP contribution in [-0.2, 0) is 9.53 Å². The summed E-state index contributed by atoms with van der Waals surface area (Å²) in [6.07, 6.45) is 0. The number of ether oxygens (including phenoxy) is 1. The van der Waals surface area contributed by atoms with Crippen LogP contribution in [0.2, 0.25) is 0 Å². The monoisotopic (exact) mass is 215 g/mol. The third kappa shape index (κ3) is 3.81. The number of hydrogen-bond donors (Lipinski definition) is 2. The average molecular weight is 214 g/mol. The van der Waals surface area contributed by atoms with Crippen molar-refractivity contribution in [3.8, 4) is 0 Å². The first kappa shape index (κ1) is 9.30. The molecule has 0 aromatic rings. The van der Waals surface area contributed by atoms with E-state index in [0.29, 0.717) is 11.3 Å². The van der Waals surface area contributed by atoms with E-state index in [0.717, 1.165) is 0 Å². The number of esters is 1. The first-order valence-corrected chi connectivity index (χ1v) is 4.32. The van der Waals surface area contributed by atoms with Crippen LogP contribution in [0, 0.1) is 0 Å². The Kier molecular flexibility index (Phi) is 5.28. The fourth-order valence-electron chi connectivity index (χ4n) is 0.245. The van der Waals surface area contributed by atoms with Crippen molar-refractivity contribution in [2.45, 2.75) is 6.04 Å². The van der Waals surface area contributed by atoms with Crippen molar-refractivity contribution in [3.05, 3.63) is 0 Å². The van der Waals surface area contributed by atoms with Crippen LogP contribution in [0.1, 0.15) is 0 Å². The fraction of sp³-hybridized carbons (Fsp3) is 0.750. The minimum absolute atomic E-state index is 0.313. The van der Waals surface area contributed by atoms with Crippen LogP contribution in [0.15, 0.2) is 0 Å². The first-order valence-electron chi connectivity index (χ1n) is 2.36. The Bertz CT molecular complexity index is 101. The Morgan fingerprint density at radius 3 is 2.78 bits per heavy atom. The Hall–Kier alpha value is 0.299. The van der Waals surface area contributed by atoms with Gasteiger partial charge in [-0.3, -0.25) is 0 Å². The number of rotatable bonds is 3. The second kappa shape index (κ2) is 5.11. The molecule has 0 bridgehead atoms. The van der Waals surface area contributed by atoms with Crippen molar-refractivity contribution in [1.82, 2.24) is 0 Å². The molecule has 0 aromatic heterocycles. The van der Waals surface area contributed by atoms with Gasteiger partial charge in [0, 0.05) is 0 Å². The molecule has 0 rings (SSSR count). The molecule has 0 heterocycles. The van der Waals surface area contributed by atoms with Crippen LogP contribution in [0.3, 0.4) is 0 Å². The van der Waals surface area contributed by atoms with Crippen LogP contribution >= 0.6 is 12.6 Å². The zero-order valence-electron chi connectivity index (χ0n) is 4.78. The van der Waals surface area contributed by atoms with Gasteiger partial charge in [0.15, 0.2) is 0 Å². The second-order valence-electron chi connectivity index (χ2n) is 1.38. The Morgan fingerprint density at radius 2 is 2.44 bits per heavy atom. The molecule has 54 valence electrons. The Morgan fingerprint density at radius 1 is 1.89 bits per heavy atom. The van der Waals surface area contributed by atoms with E-state index in [9.17, 15) is 4.79 Å². The summed E-state index contributed by atoms with van der Waals surface area (Å²) >= 11 is 5.95. The van der Waals surface area contributed by atoms with Gasteiger partial charge in [0.05, 0.1) is 0 Å². The summed E-state index contributed by atoms with van der Waals surface area (Å²) in [5.74, 6) is -0.0723. The molecule has 0 aliphatic carbocycles. The van der Waals surface area contributed by atoms with E-state index in [2.05, 4.69) is 33.4 Å². The topological polar surface area (TPSA) is 52.3 Å². The van der Waals surface area contributed by atoms with Gasteiger partial charge in [-0.25, -0.2) is 0 Å². The maximum absolute atomic E-state index is 10.6. The van der Waals surface area contributed by atoms with Crippen molar-refractivity contribution in [3.63, 3.8) is 0 Å². The minimum atomic E-state index is -0.586. The molecule has 2 N–H and O–H groups in total. The Labute approximate surface area is 67.5 Å². The van der Waals surface area contributed by atoms with Gasteiger partial charge in [-0.2, -0.15) is 0 Å². The summed E-state index contributed by atoms with van der Waals surface area (Å²) in [6.45, 7) is 0. The second-order valence-corrected chi connectivity index (χ2v) is 2.29. The zero-order chi connectivity index (χ0) is 7.28. The van der Waals surface area contributed by atoms with Crippen LogP contribution in [0.4, 0.5) is 0 Å². The van der Waals surface area contributed by atoms with E-state index in [1.165, 1.54) is 0 Å². The molecule has 0 saturated heterocycles. The number of hydrogen-bond acceptors (Lipinski definition) is 4. The summed E-state index contributed by atoms with van der Waals surface area (Å²) in [6, 6.07) is -0.586. The molecule has 1 atom stereocenters. The summed E-state index contributed by atoms with van der Waals surface area (Å²) < 4.78 is 4.55. The van der Waals surface area contributed by atoms with Gasteiger partial charge in [0.1, 0.15) is 0 Å². The van der Waals surface area contributed by atoms with Crippen LogP contribution in [0.5, 0.6) is 0 Å². The molecule has 5 heteroatoms. The first-order chi connectivity index (χ1) is 4.22. The molecular formula is C4H9NO2SSe. The number of nitrogens with two attached hydrogens (primary N) is 1. The summed E-state index contributed by atoms with van der Waals surface area (Å²) in [4.78, 5) is 10.6. The van der Waals surface area contributed by atoms with Gasteiger partial charge in [-0.05, 0) is 0 Å². The van der Waals surface area contributed by atoms with Gasteiger partial charge in [-0.1, -0.05) is 0 Å². The number of thiol groups is 1. The Balaban J connectivity index is 3.46. The molecule has 0 unspecified atom stereocenters. The molecule has 0 aromatic carbocycles. The van der Waals surface area contributed by atoms with Crippen molar-refractivity contribution in [2.24, 2.45) is 5.73 Å². The molecule has 0 saturated carbocycles. The summed E-state index contributed by atoms with van der Waals surface area (Å²) in [5, 5.41) is 0. The fourth-order valence-corrected chi connectivity index (χ4v) is 0.661. The quantitative estimate of drug-likeness (QED) is 0.347. The van der Waals surface area contributed by atoms with Crippen molar-refractivity contribution >= 4 is 34.6 Å². The molecular weight excluding hydrogens is 205 g/mol. The molecule has 0 radical (unpaired) electrons. The van der Waals surface area contributed by atoms with Crippen molar-refractivity contribution < 1.29 is 9.53 Å². The molecule has 0 spiro atoms. The predicted molar refractivity (Wildman–Crippen MR) is 39.9 cm³/mol. The maximum atomic E-state index is 10.6. The van der Waals surface area contributed by atoms with Gasteiger partial charge in [0.2, 0.25) is 0 Å². The average Bonchev–Trinajstić information content (AvgIpc) is 1.87. The molecule has 3 nitrogen and oxygen atoms in total. The van der Waals surface area contributed by atoms with Crippen molar-refractivity contribution in [2.75, 3.05) is 11.3 Å². The van der Waals surface area contributed by atoms with E-state index >= 15 is 0 Å².